The number of nitrogens with one attached hydrogen (secondary N) is 1. The van der Waals surface area contributed by atoms with Crippen molar-refractivity contribution in [1.29, 1.82) is 0 Å². The summed E-state index contributed by atoms with van der Waals surface area (Å²) in [6.07, 6.45) is 0. The molecule has 0 radical (unpaired) electrons. The van der Waals surface area contributed by atoms with Crippen molar-refractivity contribution in [3.05, 3.63) is 42.7 Å². The Kier molecular flexibility index (Phi) is 4.19. The minimum absolute atomic E-state index is 0.125. The number of aryl methyl sites for hydroxylation is 2. The van der Waals surface area contributed by atoms with Gasteiger partial charge in [0.25, 0.3) is 5.91 Å². The van der Waals surface area contributed by atoms with E-state index >= 15 is 0 Å². The molecule has 18 heavy (non-hydrogen) atoms. The molecule has 0 aliphatic rings. The Morgan fingerprint density at radius 3 is 2.61 bits per heavy atom. The van der Waals surface area contributed by atoms with Crippen LogP contribution in [0, 0.1) is 13.8 Å². The molecule has 3 nitrogen and oxygen atoms in total. The Morgan fingerprint density at radius 1 is 1.33 bits per heavy atom. The smallest absolute Gasteiger partial charge is 0.265 e. The molecular weight excluding hydrogens is 380 g/mol. The SMILES string of the molecule is Cc1ccc(NC(=O)c2cc(Br)c(Br)s2)c(C)n1. The molecule has 0 unspecified atom stereocenters. The third kappa shape index (κ3) is 2.99. The fourth-order valence-electron chi connectivity index (χ4n) is 1.46. The van der Waals surface area contributed by atoms with Crippen molar-refractivity contribution in [1.82, 2.24) is 4.98 Å². The number of carbonyl (C=O) groups is 1. The van der Waals surface area contributed by atoms with Crippen LogP contribution in [-0.4, -0.2) is 10.9 Å². The van der Waals surface area contributed by atoms with Crippen LogP contribution in [-0.2, 0) is 0 Å². The van der Waals surface area contributed by atoms with Crippen molar-refractivity contribution < 1.29 is 4.79 Å². The van der Waals surface area contributed by atoms with Gasteiger partial charge >= 0.3 is 0 Å². The minimum atomic E-state index is -0.125. The van der Waals surface area contributed by atoms with Crippen molar-refractivity contribution in [2.24, 2.45) is 0 Å². The third-order valence-electron chi connectivity index (χ3n) is 2.34. The molecule has 1 amide bonds. The van der Waals surface area contributed by atoms with Gasteiger partial charge < -0.3 is 5.32 Å². The topological polar surface area (TPSA) is 42.0 Å². The van der Waals surface area contributed by atoms with E-state index in [1.54, 1.807) is 6.07 Å². The molecule has 94 valence electrons. The molecule has 0 fully saturated rings. The van der Waals surface area contributed by atoms with Crippen LogP contribution >= 0.6 is 43.2 Å². The number of anilines is 1. The summed E-state index contributed by atoms with van der Waals surface area (Å²) in [4.78, 5) is 17.0. The second-order valence-electron chi connectivity index (χ2n) is 3.77. The van der Waals surface area contributed by atoms with E-state index in [0.717, 1.165) is 25.3 Å². The van der Waals surface area contributed by atoms with E-state index in [9.17, 15) is 4.79 Å². The highest BCUT2D eigenvalue weighted by Gasteiger charge is 2.13. The van der Waals surface area contributed by atoms with Gasteiger partial charge in [-0.3, -0.25) is 9.78 Å². The minimum Gasteiger partial charge on any atom is -0.320 e. The standard InChI is InChI=1S/C12H10Br2N2OS/c1-6-3-4-9(7(2)15-6)16-12(17)10-5-8(13)11(14)18-10/h3-5H,1-2H3,(H,16,17). The van der Waals surface area contributed by atoms with Gasteiger partial charge in [0, 0.05) is 10.2 Å². The normalized spacial score (nSPS) is 10.4. The number of thiophene rings is 1. The summed E-state index contributed by atoms with van der Waals surface area (Å²) in [6, 6.07) is 5.54. The molecule has 2 aromatic heterocycles. The van der Waals surface area contributed by atoms with Crippen LogP contribution < -0.4 is 5.32 Å². The van der Waals surface area contributed by atoms with Crippen LogP contribution in [0.1, 0.15) is 21.1 Å². The fraction of sp³-hybridized carbons (Fsp3) is 0.167. The lowest BCUT2D eigenvalue weighted by Gasteiger charge is -2.06. The molecule has 0 saturated carbocycles. The van der Waals surface area contributed by atoms with Gasteiger partial charge in [0.15, 0.2) is 0 Å². The Labute approximate surface area is 126 Å². The zero-order valence-corrected chi connectivity index (χ0v) is 13.7. The predicted molar refractivity (Wildman–Crippen MR) is 81.4 cm³/mol. The number of hydrogen-bond acceptors (Lipinski definition) is 3. The lowest BCUT2D eigenvalue weighted by Crippen LogP contribution is -2.11. The van der Waals surface area contributed by atoms with E-state index in [1.807, 2.05) is 26.0 Å². The van der Waals surface area contributed by atoms with Gasteiger partial charge in [-0.25, -0.2) is 0 Å². The summed E-state index contributed by atoms with van der Waals surface area (Å²) < 4.78 is 1.79. The quantitative estimate of drug-likeness (QED) is 0.819. The predicted octanol–water partition coefficient (Wildman–Crippen LogP) is 4.54. The molecule has 6 heteroatoms. The fourth-order valence-corrected chi connectivity index (χ4v) is 3.39. The molecular formula is C12H10Br2N2OS. The van der Waals surface area contributed by atoms with Crippen molar-refractivity contribution in [3.63, 3.8) is 0 Å². The maximum absolute atomic E-state index is 12.0. The first-order valence-corrected chi connectivity index (χ1v) is 7.58. The first kappa shape index (κ1) is 13.7. The number of carbonyl (C=O) groups excluding carboxylic acids is 1. The molecule has 0 aliphatic heterocycles. The van der Waals surface area contributed by atoms with Crippen LogP contribution in [0.2, 0.25) is 0 Å². The van der Waals surface area contributed by atoms with E-state index in [4.69, 9.17) is 0 Å². The van der Waals surface area contributed by atoms with Crippen molar-refractivity contribution in [2.75, 3.05) is 5.32 Å². The van der Waals surface area contributed by atoms with E-state index in [0.29, 0.717) is 4.88 Å². The average Bonchev–Trinajstić information content (AvgIpc) is 2.63. The first-order chi connectivity index (χ1) is 8.47. The van der Waals surface area contributed by atoms with Crippen molar-refractivity contribution >= 4 is 54.8 Å². The molecule has 0 saturated heterocycles. The van der Waals surface area contributed by atoms with Crippen LogP contribution in [0.15, 0.2) is 26.5 Å². The molecule has 0 aliphatic carbocycles. The van der Waals surface area contributed by atoms with Crippen LogP contribution in [0.5, 0.6) is 0 Å². The molecule has 0 atom stereocenters. The highest BCUT2D eigenvalue weighted by Crippen LogP contribution is 2.32. The van der Waals surface area contributed by atoms with Crippen LogP contribution in [0.25, 0.3) is 0 Å². The monoisotopic (exact) mass is 388 g/mol. The van der Waals surface area contributed by atoms with E-state index < -0.39 is 0 Å². The lowest BCUT2D eigenvalue weighted by molar-refractivity contribution is 0.103. The van der Waals surface area contributed by atoms with Gasteiger partial charge in [-0.15, -0.1) is 11.3 Å². The molecule has 1 N–H and O–H groups in total. The summed E-state index contributed by atoms with van der Waals surface area (Å²) in [7, 11) is 0. The summed E-state index contributed by atoms with van der Waals surface area (Å²) in [5.41, 5.74) is 2.50. The first-order valence-electron chi connectivity index (χ1n) is 5.18. The Morgan fingerprint density at radius 2 is 2.06 bits per heavy atom. The van der Waals surface area contributed by atoms with Crippen LogP contribution in [0.3, 0.4) is 0 Å². The van der Waals surface area contributed by atoms with E-state index in [2.05, 4.69) is 42.2 Å². The Bertz CT molecular complexity index is 591. The summed E-state index contributed by atoms with van der Waals surface area (Å²) in [5.74, 6) is -0.125. The Balaban J connectivity index is 2.21. The third-order valence-corrected chi connectivity index (χ3v) is 5.60. The Hall–Kier alpha value is -0.720. The number of nitrogens with zero attached hydrogens (tertiary/aromatic N) is 1. The number of rotatable bonds is 2. The number of halogens is 2. The van der Waals surface area contributed by atoms with Gasteiger partial charge in [0.1, 0.15) is 0 Å². The maximum Gasteiger partial charge on any atom is 0.265 e. The molecule has 0 aromatic carbocycles. The van der Waals surface area contributed by atoms with Gasteiger partial charge in [0.2, 0.25) is 0 Å². The summed E-state index contributed by atoms with van der Waals surface area (Å²) >= 11 is 8.13. The van der Waals surface area contributed by atoms with Crippen molar-refractivity contribution in [3.8, 4) is 0 Å². The zero-order valence-electron chi connectivity index (χ0n) is 9.75. The van der Waals surface area contributed by atoms with Gasteiger partial charge in [0.05, 0.1) is 20.0 Å². The average molecular weight is 390 g/mol. The van der Waals surface area contributed by atoms with Crippen molar-refractivity contribution in [2.45, 2.75) is 13.8 Å². The highest BCUT2D eigenvalue weighted by atomic mass is 79.9. The zero-order chi connectivity index (χ0) is 13.3. The van der Waals surface area contributed by atoms with E-state index in [1.165, 1.54) is 11.3 Å². The molecule has 2 aromatic rings. The summed E-state index contributed by atoms with van der Waals surface area (Å²) in [6.45, 7) is 3.80. The number of amides is 1. The highest BCUT2D eigenvalue weighted by molar-refractivity contribution is 9.13. The number of hydrogen-bond donors (Lipinski definition) is 1. The molecule has 2 heterocycles. The molecule has 0 bridgehead atoms. The van der Waals surface area contributed by atoms with Gasteiger partial charge in [-0.1, -0.05) is 0 Å². The maximum atomic E-state index is 12.0. The lowest BCUT2D eigenvalue weighted by atomic mass is 10.2. The van der Waals surface area contributed by atoms with E-state index in [-0.39, 0.29) is 5.91 Å². The van der Waals surface area contributed by atoms with Gasteiger partial charge in [-0.2, -0.15) is 0 Å². The second-order valence-corrected chi connectivity index (χ2v) is 7.00. The number of pyridine rings is 1. The molecule has 0 spiro atoms. The second kappa shape index (κ2) is 5.50. The molecule has 2 rings (SSSR count). The van der Waals surface area contributed by atoms with Gasteiger partial charge in [-0.05, 0) is 63.9 Å². The number of aromatic nitrogens is 1. The summed E-state index contributed by atoms with van der Waals surface area (Å²) in [5, 5.41) is 2.86. The largest absolute Gasteiger partial charge is 0.320 e. The van der Waals surface area contributed by atoms with Crippen LogP contribution in [0.4, 0.5) is 5.69 Å².